The van der Waals surface area contributed by atoms with Crippen molar-refractivity contribution in [2.75, 3.05) is 12.3 Å². The number of amides is 1. The second-order valence-electron chi connectivity index (χ2n) is 5.18. The van der Waals surface area contributed by atoms with Gasteiger partial charge in [-0.05, 0) is 30.5 Å². The molecule has 0 radical (unpaired) electrons. The minimum absolute atomic E-state index is 0.0191. The molecule has 0 atom stereocenters. The molecular weight excluding hydrogens is 268 g/mol. The number of hydrogen-bond acceptors (Lipinski definition) is 3. The van der Waals surface area contributed by atoms with Crippen LogP contribution in [0.15, 0.2) is 24.3 Å². The van der Waals surface area contributed by atoms with Gasteiger partial charge in [-0.2, -0.15) is 0 Å². The molecule has 1 aromatic carbocycles. The number of nitrogens with two attached hydrogens (primary N) is 1. The van der Waals surface area contributed by atoms with Gasteiger partial charge in [0.2, 0.25) is 5.91 Å². The number of nitrogen functional groups attached to an aromatic ring is 1. The molecule has 5 nitrogen and oxygen atoms in total. The van der Waals surface area contributed by atoms with Crippen molar-refractivity contribution in [1.29, 1.82) is 0 Å². The number of anilines is 1. The highest BCUT2D eigenvalue weighted by Gasteiger charge is 2.02. The lowest BCUT2D eigenvalue weighted by molar-refractivity contribution is -0.137. The summed E-state index contributed by atoms with van der Waals surface area (Å²) in [6.45, 7) is 0.673. The summed E-state index contributed by atoms with van der Waals surface area (Å²) in [5.74, 6) is -0.712. The van der Waals surface area contributed by atoms with Crippen LogP contribution in [0.25, 0.3) is 0 Å². The largest absolute Gasteiger partial charge is 0.481 e. The minimum atomic E-state index is -0.732. The van der Waals surface area contributed by atoms with Crippen LogP contribution in [0.4, 0.5) is 5.69 Å². The van der Waals surface area contributed by atoms with Crippen molar-refractivity contribution in [3.05, 3.63) is 29.8 Å². The summed E-state index contributed by atoms with van der Waals surface area (Å²) in [5, 5.41) is 11.4. The van der Waals surface area contributed by atoms with Gasteiger partial charge < -0.3 is 16.2 Å². The maximum atomic E-state index is 11.7. The van der Waals surface area contributed by atoms with Gasteiger partial charge in [0.15, 0.2) is 0 Å². The Morgan fingerprint density at radius 2 is 1.62 bits per heavy atom. The molecule has 0 spiro atoms. The summed E-state index contributed by atoms with van der Waals surface area (Å²) in [6, 6.07) is 7.30. The van der Waals surface area contributed by atoms with E-state index in [0.717, 1.165) is 37.7 Å². The van der Waals surface area contributed by atoms with E-state index in [1.807, 2.05) is 12.1 Å². The zero-order chi connectivity index (χ0) is 15.5. The molecule has 0 saturated carbocycles. The van der Waals surface area contributed by atoms with Gasteiger partial charge in [-0.25, -0.2) is 0 Å². The van der Waals surface area contributed by atoms with Crippen molar-refractivity contribution in [2.24, 2.45) is 0 Å². The standard InChI is InChI=1S/C16H24N2O3/c17-14-9-7-13(8-10-14)12-15(19)18-11-5-3-1-2-4-6-16(20)21/h7-10H,1-6,11-12,17H2,(H,18,19)(H,20,21). The van der Waals surface area contributed by atoms with E-state index in [9.17, 15) is 9.59 Å². The third kappa shape index (κ3) is 8.68. The number of unbranched alkanes of at least 4 members (excludes halogenated alkanes) is 4. The fourth-order valence-corrected chi connectivity index (χ4v) is 2.04. The summed E-state index contributed by atoms with van der Waals surface area (Å²) in [5.41, 5.74) is 7.24. The Morgan fingerprint density at radius 1 is 1.00 bits per heavy atom. The molecule has 0 fully saturated rings. The van der Waals surface area contributed by atoms with E-state index in [0.29, 0.717) is 18.7 Å². The lowest BCUT2D eigenvalue weighted by Gasteiger charge is -2.05. The highest BCUT2D eigenvalue weighted by Crippen LogP contribution is 2.07. The molecule has 5 heteroatoms. The van der Waals surface area contributed by atoms with Gasteiger partial charge in [-0.1, -0.05) is 31.4 Å². The van der Waals surface area contributed by atoms with E-state index < -0.39 is 5.97 Å². The summed E-state index contributed by atoms with van der Waals surface area (Å²) in [6.07, 6.45) is 5.26. The van der Waals surface area contributed by atoms with Crippen molar-refractivity contribution < 1.29 is 14.7 Å². The topological polar surface area (TPSA) is 92.4 Å². The van der Waals surface area contributed by atoms with Gasteiger partial charge in [0.1, 0.15) is 0 Å². The first-order valence-corrected chi connectivity index (χ1v) is 7.41. The molecule has 116 valence electrons. The first-order chi connectivity index (χ1) is 10.1. The Bertz CT molecular complexity index is 443. The number of nitrogens with one attached hydrogen (secondary N) is 1. The Labute approximate surface area is 125 Å². The van der Waals surface area contributed by atoms with Crippen LogP contribution in [-0.4, -0.2) is 23.5 Å². The third-order valence-electron chi connectivity index (χ3n) is 3.23. The molecule has 21 heavy (non-hydrogen) atoms. The normalized spacial score (nSPS) is 10.3. The van der Waals surface area contributed by atoms with Crippen molar-refractivity contribution >= 4 is 17.6 Å². The highest BCUT2D eigenvalue weighted by atomic mass is 16.4. The second kappa shape index (κ2) is 9.80. The molecule has 1 aromatic rings. The van der Waals surface area contributed by atoms with Crippen molar-refractivity contribution in [2.45, 2.75) is 44.9 Å². The molecule has 0 aliphatic carbocycles. The fourth-order valence-electron chi connectivity index (χ4n) is 2.04. The Kier molecular flexibility index (Phi) is 7.94. The monoisotopic (exact) mass is 292 g/mol. The fraction of sp³-hybridized carbons (Fsp3) is 0.500. The summed E-state index contributed by atoms with van der Waals surface area (Å²) < 4.78 is 0. The summed E-state index contributed by atoms with van der Waals surface area (Å²) in [4.78, 5) is 22.0. The Balaban J connectivity index is 2.01. The summed E-state index contributed by atoms with van der Waals surface area (Å²) >= 11 is 0. The van der Waals surface area contributed by atoms with Gasteiger partial charge in [0.05, 0.1) is 6.42 Å². The molecule has 0 aliphatic heterocycles. The first kappa shape index (κ1) is 17.0. The number of hydrogen-bond donors (Lipinski definition) is 3. The number of rotatable bonds is 10. The lowest BCUT2D eigenvalue weighted by atomic mass is 10.1. The quantitative estimate of drug-likeness (QED) is 0.456. The van der Waals surface area contributed by atoms with E-state index >= 15 is 0 Å². The second-order valence-corrected chi connectivity index (χ2v) is 5.18. The Hall–Kier alpha value is -2.04. The number of benzene rings is 1. The number of carbonyl (C=O) groups excluding carboxylic acids is 1. The van der Waals surface area contributed by atoms with Gasteiger partial charge in [-0.15, -0.1) is 0 Å². The zero-order valence-electron chi connectivity index (χ0n) is 12.3. The number of aliphatic carboxylic acids is 1. The smallest absolute Gasteiger partial charge is 0.303 e. The molecule has 0 unspecified atom stereocenters. The predicted molar refractivity (Wildman–Crippen MR) is 82.9 cm³/mol. The van der Waals surface area contributed by atoms with E-state index in [2.05, 4.69) is 5.32 Å². The highest BCUT2D eigenvalue weighted by molar-refractivity contribution is 5.78. The number of carbonyl (C=O) groups is 2. The molecule has 0 saturated heterocycles. The predicted octanol–water partition coefficient (Wildman–Crippen LogP) is 2.35. The van der Waals surface area contributed by atoms with E-state index in [-0.39, 0.29) is 12.3 Å². The van der Waals surface area contributed by atoms with Crippen LogP contribution in [0.1, 0.15) is 44.1 Å². The van der Waals surface area contributed by atoms with E-state index in [4.69, 9.17) is 10.8 Å². The maximum Gasteiger partial charge on any atom is 0.303 e. The summed E-state index contributed by atoms with van der Waals surface area (Å²) in [7, 11) is 0. The van der Waals surface area contributed by atoms with Gasteiger partial charge in [0.25, 0.3) is 0 Å². The van der Waals surface area contributed by atoms with Gasteiger partial charge in [0, 0.05) is 18.7 Å². The minimum Gasteiger partial charge on any atom is -0.481 e. The number of carboxylic acids is 1. The first-order valence-electron chi connectivity index (χ1n) is 7.41. The third-order valence-corrected chi connectivity index (χ3v) is 3.23. The lowest BCUT2D eigenvalue weighted by Crippen LogP contribution is -2.26. The van der Waals surface area contributed by atoms with Crippen molar-refractivity contribution in [3.8, 4) is 0 Å². The number of carboxylic acid groups (broad SMARTS) is 1. The molecule has 0 heterocycles. The van der Waals surface area contributed by atoms with Crippen molar-refractivity contribution in [3.63, 3.8) is 0 Å². The molecule has 4 N–H and O–H groups in total. The van der Waals surface area contributed by atoms with Gasteiger partial charge >= 0.3 is 5.97 Å². The SMILES string of the molecule is Nc1ccc(CC(=O)NCCCCCCCC(=O)O)cc1. The average Bonchev–Trinajstić information content (AvgIpc) is 2.44. The van der Waals surface area contributed by atoms with Gasteiger partial charge in [-0.3, -0.25) is 9.59 Å². The van der Waals surface area contributed by atoms with Crippen molar-refractivity contribution in [1.82, 2.24) is 5.32 Å². The molecule has 0 bridgehead atoms. The van der Waals surface area contributed by atoms with Crippen LogP contribution < -0.4 is 11.1 Å². The molecule has 1 rings (SSSR count). The van der Waals surface area contributed by atoms with Crippen LogP contribution in [0.2, 0.25) is 0 Å². The van der Waals surface area contributed by atoms with E-state index in [1.165, 1.54) is 0 Å². The van der Waals surface area contributed by atoms with Crippen LogP contribution in [0, 0.1) is 0 Å². The maximum absolute atomic E-state index is 11.7. The molecule has 0 aromatic heterocycles. The van der Waals surface area contributed by atoms with Crippen LogP contribution in [0.5, 0.6) is 0 Å². The molecular formula is C16H24N2O3. The molecule has 1 amide bonds. The zero-order valence-corrected chi connectivity index (χ0v) is 12.3. The van der Waals surface area contributed by atoms with Crippen LogP contribution in [-0.2, 0) is 16.0 Å². The average molecular weight is 292 g/mol. The van der Waals surface area contributed by atoms with Crippen LogP contribution >= 0.6 is 0 Å². The van der Waals surface area contributed by atoms with E-state index in [1.54, 1.807) is 12.1 Å². The Morgan fingerprint density at radius 3 is 2.29 bits per heavy atom. The van der Waals surface area contributed by atoms with Crippen LogP contribution in [0.3, 0.4) is 0 Å². The molecule has 0 aliphatic rings.